The molecule has 2 heterocycles. The van der Waals surface area contributed by atoms with Crippen LogP contribution in [0.25, 0.3) is 0 Å². The monoisotopic (exact) mass is 518 g/mol. The Morgan fingerprint density at radius 3 is 2.45 bits per heavy atom. The molecule has 2 aromatic heterocycles. The van der Waals surface area contributed by atoms with Gasteiger partial charge in [-0.15, -0.1) is 0 Å². The molecule has 3 N–H and O–H groups in total. The van der Waals surface area contributed by atoms with Crippen molar-refractivity contribution < 1.29 is 24.2 Å². The predicted octanol–water partition coefficient (Wildman–Crippen LogP) is 3.83. The van der Waals surface area contributed by atoms with Crippen molar-refractivity contribution in [1.82, 2.24) is 9.97 Å². The second-order valence-corrected chi connectivity index (χ2v) is 9.07. The number of benzene rings is 1. The molecular formula is C29H34N4O5. The molecule has 200 valence electrons. The van der Waals surface area contributed by atoms with Gasteiger partial charge in [-0.05, 0) is 64.1 Å². The number of hydrogen-bond acceptors (Lipinski definition) is 8. The smallest absolute Gasteiger partial charge is 0.267 e. The molecule has 9 nitrogen and oxygen atoms in total. The fourth-order valence-electron chi connectivity index (χ4n) is 3.03. The molecule has 0 atom stereocenters. The van der Waals surface area contributed by atoms with Crippen molar-refractivity contribution in [2.24, 2.45) is 5.73 Å². The van der Waals surface area contributed by atoms with Crippen LogP contribution in [0.2, 0.25) is 0 Å². The molecule has 3 rings (SSSR count). The minimum Gasteiger partial charge on any atom is -0.491 e. The Morgan fingerprint density at radius 1 is 1.13 bits per heavy atom. The third kappa shape index (κ3) is 9.91. The van der Waals surface area contributed by atoms with E-state index in [-0.39, 0.29) is 5.69 Å². The van der Waals surface area contributed by atoms with Gasteiger partial charge in [-0.2, -0.15) is 0 Å². The summed E-state index contributed by atoms with van der Waals surface area (Å²) in [7, 11) is 3.82. The van der Waals surface area contributed by atoms with Gasteiger partial charge in [0, 0.05) is 44.0 Å². The number of primary amides is 1. The van der Waals surface area contributed by atoms with Crippen LogP contribution >= 0.6 is 0 Å². The minimum atomic E-state index is -1.02. The minimum absolute atomic E-state index is 0.172. The van der Waals surface area contributed by atoms with Gasteiger partial charge < -0.3 is 30.0 Å². The Hall–Kier alpha value is -4.42. The number of aryl methyl sites for hydroxylation is 2. The van der Waals surface area contributed by atoms with E-state index in [1.165, 1.54) is 12.3 Å². The summed E-state index contributed by atoms with van der Waals surface area (Å²) in [4.78, 5) is 31.4. The number of amides is 1. The predicted molar refractivity (Wildman–Crippen MR) is 147 cm³/mol. The lowest BCUT2D eigenvalue weighted by Gasteiger charge is -2.18. The molecule has 0 spiro atoms. The lowest BCUT2D eigenvalue weighted by atomic mass is 10.1. The van der Waals surface area contributed by atoms with Crippen molar-refractivity contribution in [2.75, 3.05) is 25.6 Å². The summed E-state index contributed by atoms with van der Waals surface area (Å²) in [5, 5.41) is 9.61. The Kier molecular flexibility index (Phi) is 10.8. The molecule has 0 aliphatic carbocycles. The van der Waals surface area contributed by atoms with Gasteiger partial charge in [0.15, 0.2) is 0 Å². The van der Waals surface area contributed by atoms with Gasteiger partial charge in [0.05, 0.1) is 18.0 Å². The van der Waals surface area contributed by atoms with E-state index in [0.717, 1.165) is 28.9 Å². The van der Waals surface area contributed by atoms with E-state index in [4.69, 9.17) is 15.2 Å². The molecule has 1 amide bonds. The maximum atomic E-state index is 11.0. The van der Waals surface area contributed by atoms with Gasteiger partial charge in [-0.25, -0.2) is 0 Å². The van der Waals surface area contributed by atoms with E-state index in [2.05, 4.69) is 21.8 Å². The quantitative estimate of drug-likeness (QED) is 0.262. The van der Waals surface area contributed by atoms with Crippen molar-refractivity contribution in [3.8, 4) is 29.1 Å². The molecular weight excluding hydrogens is 484 g/mol. The molecule has 38 heavy (non-hydrogen) atoms. The average molecular weight is 519 g/mol. The van der Waals surface area contributed by atoms with Crippen LogP contribution in [0.15, 0.2) is 48.7 Å². The van der Waals surface area contributed by atoms with Crippen LogP contribution in [0.4, 0.5) is 5.69 Å². The largest absolute Gasteiger partial charge is 0.491 e. The van der Waals surface area contributed by atoms with Crippen LogP contribution in [-0.2, 0) is 4.79 Å². The summed E-state index contributed by atoms with van der Waals surface area (Å²) >= 11 is 0. The van der Waals surface area contributed by atoms with E-state index < -0.39 is 11.5 Å². The van der Waals surface area contributed by atoms with Crippen LogP contribution in [0.1, 0.15) is 47.7 Å². The normalized spacial score (nSPS) is 10.3. The lowest BCUT2D eigenvalue weighted by Crippen LogP contribution is -2.14. The molecule has 0 saturated carbocycles. The van der Waals surface area contributed by atoms with Crippen molar-refractivity contribution in [3.05, 3.63) is 71.3 Å². The molecule has 0 aliphatic heterocycles. The van der Waals surface area contributed by atoms with Crippen LogP contribution in [0, 0.1) is 25.7 Å². The van der Waals surface area contributed by atoms with Gasteiger partial charge in [-0.1, -0.05) is 11.8 Å². The van der Waals surface area contributed by atoms with E-state index in [1.54, 1.807) is 19.9 Å². The number of anilines is 1. The van der Waals surface area contributed by atoms with Crippen molar-refractivity contribution in [3.63, 3.8) is 0 Å². The first-order chi connectivity index (χ1) is 17.9. The standard InChI is InChI=1S/C16H21NO3.C13H13N3O2/c1-16(2,19)9-8-13-6-7-15(20-11-5-10-18)14(12-13)17(3)4;1-8-3-4-12(9(2)16-8)18-10-5-6-15-11(7-10)13(14)17/h6-7,10,12,19H,5,11H2,1-4H3;3-7H,1-2H3,(H2,14,17). The van der Waals surface area contributed by atoms with Crippen LogP contribution in [0.5, 0.6) is 17.2 Å². The summed E-state index contributed by atoms with van der Waals surface area (Å²) in [6.07, 6.45) is 2.68. The summed E-state index contributed by atoms with van der Waals surface area (Å²) in [6.45, 7) is 7.42. The third-order valence-corrected chi connectivity index (χ3v) is 4.83. The van der Waals surface area contributed by atoms with Gasteiger partial charge in [0.25, 0.3) is 5.91 Å². The topological polar surface area (TPSA) is 128 Å². The first-order valence-corrected chi connectivity index (χ1v) is 11.9. The number of rotatable bonds is 8. The zero-order valence-corrected chi connectivity index (χ0v) is 22.6. The highest BCUT2D eigenvalue weighted by Gasteiger charge is 2.09. The third-order valence-electron chi connectivity index (χ3n) is 4.83. The fraction of sp³-hybridized carbons (Fsp3) is 0.310. The maximum Gasteiger partial charge on any atom is 0.267 e. The molecule has 0 fully saturated rings. The average Bonchev–Trinajstić information content (AvgIpc) is 2.85. The highest BCUT2D eigenvalue weighted by Crippen LogP contribution is 2.28. The molecule has 0 aliphatic rings. The summed E-state index contributed by atoms with van der Waals surface area (Å²) in [5.74, 6) is 6.99. The number of aldehydes is 1. The summed E-state index contributed by atoms with van der Waals surface area (Å²) in [5.41, 5.74) is 7.71. The van der Waals surface area contributed by atoms with Gasteiger partial charge in [0.1, 0.15) is 34.8 Å². The number of nitrogens with two attached hydrogens (primary N) is 1. The number of hydrogen-bond donors (Lipinski definition) is 2. The Bertz CT molecular complexity index is 1320. The Morgan fingerprint density at radius 2 is 1.84 bits per heavy atom. The number of nitrogens with zero attached hydrogens (tertiary/aromatic N) is 3. The molecule has 0 bridgehead atoms. The summed E-state index contributed by atoms with van der Waals surface area (Å²) < 4.78 is 11.2. The first-order valence-electron chi connectivity index (χ1n) is 11.9. The number of aromatic nitrogens is 2. The lowest BCUT2D eigenvalue weighted by molar-refractivity contribution is -0.108. The highest BCUT2D eigenvalue weighted by molar-refractivity contribution is 5.91. The van der Waals surface area contributed by atoms with E-state index in [1.807, 2.05) is 63.2 Å². The summed E-state index contributed by atoms with van der Waals surface area (Å²) in [6, 6.07) is 12.4. The second kappa shape index (κ2) is 13.8. The molecule has 0 saturated heterocycles. The first kappa shape index (κ1) is 29.8. The molecule has 3 aromatic rings. The number of ether oxygens (including phenoxy) is 2. The van der Waals surface area contributed by atoms with Gasteiger partial charge in [0.2, 0.25) is 0 Å². The maximum absolute atomic E-state index is 11.0. The molecule has 0 radical (unpaired) electrons. The van der Waals surface area contributed by atoms with Gasteiger partial charge in [-0.3, -0.25) is 14.8 Å². The Labute approximate surface area is 223 Å². The van der Waals surface area contributed by atoms with Crippen molar-refractivity contribution >= 4 is 17.9 Å². The highest BCUT2D eigenvalue weighted by atomic mass is 16.5. The van der Waals surface area contributed by atoms with Crippen LogP contribution < -0.4 is 20.1 Å². The van der Waals surface area contributed by atoms with Crippen molar-refractivity contribution in [2.45, 2.75) is 39.7 Å². The Balaban J connectivity index is 0.000000268. The number of pyridine rings is 2. The molecule has 0 unspecified atom stereocenters. The molecule has 1 aromatic carbocycles. The van der Waals surface area contributed by atoms with Gasteiger partial charge >= 0.3 is 0 Å². The molecule has 9 heteroatoms. The zero-order chi connectivity index (χ0) is 28.3. The number of aliphatic hydroxyl groups is 1. The number of carbonyl (C=O) groups excluding carboxylic acids is 2. The van der Waals surface area contributed by atoms with E-state index in [9.17, 15) is 14.7 Å². The van der Waals surface area contributed by atoms with E-state index in [0.29, 0.717) is 30.3 Å². The van der Waals surface area contributed by atoms with Crippen LogP contribution in [-0.4, -0.2) is 53.6 Å². The van der Waals surface area contributed by atoms with E-state index >= 15 is 0 Å². The number of carbonyl (C=O) groups is 2. The zero-order valence-electron chi connectivity index (χ0n) is 22.6. The fourth-order valence-corrected chi connectivity index (χ4v) is 3.03. The second-order valence-electron chi connectivity index (χ2n) is 9.07. The van der Waals surface area contributed by atoms with Crippen molar-refractivity contribution in [1.29, 1.82) is 0 Å². The van der Waals surface area contributed by atoms with Crippen LogP contribution in [0.3, 0.4) is 0 Å². The SMILES string of the molecule is CN(C)c1cc(C#CC(C)(C)O)ccc1OCCC=O.Cc1ccc(Oc2ccnc(C(N)=O)c2)c(C)n1.